The molecule has 190 valence electrons. The number of H-pyrrole nitrogens is 1. The van der Waals surface area contributed by atoms with Gasteiger partial charge in [0.15, 0.2) is 5.82 Å². The van der Waals surface area contributed by atoms with Crippen LogP contribution in [0, 0.1) is 0 Å². The second-order valence-corrected chi connectivity index (χ2v) is 11.1. The van der Waals surface area contributed by atoms with E-state index >= 15 is 0 Å². The summed E-state index contributed by atoms with van der Waals surface area (Å²) in [5, 5.41) is 1.10. The van der Waals surface area contributed by atoms with Gasteiger partial charge in [-0.25, -0.2) is 9.97 Å². The predicted molar refractivity (Wildman–Crippen MR) is 165 cm³/mol. The molecule has 0 spiro atoms. The standard InChI is InChI=1S/C37H27N3/c1-37(2)29-18-10-9-16-27(29)32-26(17-11-19-30(32)37)25-20-21-31-28(22-25)34-35(38-31)33(23-12-5-3-6-13-23)39-36(40-34)24-14-7-4-8-15-24/h3-22,38H,1-2H3. The molecule has 3 heteroatoms. The van der Waals surface area contributed by atoms with E-state index in [-0.39, 0.29) is 5.41 Å². The van der Waals surface area contributed by atoms with E-state index in [9.17, 15) is 0 Å². The molecule has 3 nitrogen and oxygen atoms in total. The summed E-state index contributed by atoms with van der Waals surface area (Å²) in [6.07, 6.45) is 0. The van der Waals surface area contributed by atoms with Crippen molar-refractivity contribution in [2.24, 2.45) is 0 Å². The molecule has 0 unspecified atom stereocenters. The quantitative estimate of drug-likeness (QED) is 0.256. The SMILES string of the molecule is CC1(C)c2ccccc2-c2c(-c3ccc4[nH]c5c(-c6ccccc6)nc(-c6ccccc6)nc5c4c3)cccc21. The van der Waals surface area contributed by atoms with Gasteiger partial charge in [-0.15, -0.1) is 0 Å². The second-order valence-electron chi connectivity index (χ2n) is 11.1. The number of aromatic nitrogens is 3. The predicted octanol–water partition coefficient (Wildman–Crippen LogP) is 9.42. The van der Waals surface area contributed by atoms with Crippen LogP contribution >= 0.6 is 0 Å². The molecule has 0 radical (unpaired) electrons. The lowest BCUT2D eigenvalue weighted by Gasteiger charge is -2.21. The molecule has 5 aromatic carbocycles. The maximum atomic E-state index is 5.14. The largest absolute Gasteiger partial charge is 0.351 e. The molecule has 1 aliphatic rings. The highest BCUT2D eigenvalue weighted by Gasteiger charge is 2.36. The van der Waals surface area contributed by atoms with Gasteiger partial charge in [-0.3, -0.25) is 0 Å². The smallest absolute Gasteiger partial charge is 0.160 e. The summed E-state index contributed by atoms with van der Waals surface area (Å²) in [5.74, 6) is 0.731. The van der Waals surface area contributed by atoms with E-state index in [4.69, 9.17) is 9.97 Å². The van der Waals surface area contributed by atoms with Crippen LogP contribution in [0.25, 0.3) is 66.8 Å². The third-order valence-corrected chi connectivity index (χ3v) is 8.44. The van der Waals surface area contributed by atoms with Crippen molar-refractivity contribution >= 4 is 21.9 Å². The fourth-order valence-electron chi connectivity index (χ4n) is 6.44. The van der Waals surface area contributed by atoms with Crippen LogP contribution in [0.1, 0.15) is 25.0 Å². The maximum Gasteiger partial charge on any atom is 0.160 e. The molecule has 1 aliphatic carbocycles. The van der Waals surface area contributed by atoms with Gasteiger partial charge in [-0.05, 0) is 45.5 Å². The fraction of sp³-hybridized carbons (Fsp3) is 0.0811. The van der Waals surface area contributed by atoms with E-state index in [1.54, 1.807) is 0 Å². The number of rotatable bonds is 3. The van der Waals surface area contributed by atoms with Crippen LogP contribution in [0.3, 0.4) is 0 Å². The monoisotopic (exact) mass is 513 g/mol. The number of aromatic amines is 1. The highest BCUT2D eigenvalue weighted by Crippen LogP contribution is 2.52. The number of hydrogen-bond donors (Lipinski definition) is 1. The first-order valence-corrected chi connectivity index (χ1v) is 13.8. The molecular weight excluding hydrogens is 486 g/mol. The second kappa shape index (κ2) is 8.49. The molecule has 0 fully saturated rings. The molecule has 2 aromatic heterocycles. The van der Waals surface area contributed by atoms with Gasteiger partial charge in [-0.1, -0.05) is 123 Å². The van der Waals surface area contributed by atoms with Crippen molar-refractivity contribution in [3.8, 4) is 44.9 Å². The molecule has 0 saturated carbocycles. The van der Waals surface area contributed by atoms with Crippen molar-refractivity contribution in [3.63, 3.8) is 0 Å². The number of nitrogens with zero attached hydrogens (tertiary/aromatic N) is 2. The molecule has 0 saturated heterocycles. The van der Waals surface area contributed by atoms with E-state index in [1.165, 1.54) is 33.4 Å². The van der Waals surface area contributed by atoms with Crippen molar-refractivity contribution in [3.05, 3.63) is 132 Å². The molecule has 0 bridgehead atoms. The zero-order valence-corrected chi connectivity index (χ0v) is 22.4. The number of fused-ring (bicyclic) bond motifs is 6. The first-order chi connectivity index (χ1) is 19.6. The third-order valence-electron chi connectivity index (χ3n) is 8.44. The Kier molecular flexibility index (Phi) is 4.86. The molecule has 7 aromatic rings. The average Bonchev–Trinajstić information content (AvgIpc) is 3.49. The van der Waals surface area contributed by atoms with Gasteiger partial charge >= 0.3 is 0 Å². The summed E-state index contributed by atoms with van der Waals surface area (Å²) < 4.78 is 0. The van der Waals surface area contributed by atoms with E-state index in [2.05, 4.69) is 116 Å². The minimum atomic E-state index is -0.0325. The lowest BCUT2D eigenvalue weighted by molar-refractivity contribution is 0.660. The van der Waals surface area contributed by atoms with Crippen LogP contribution in [-0.4, -0.2) is 15.0 Å². The average molecular weight is 514 g/mol. The van der Waals surface area contributed by atoms with Gasteiger partial charge in [0.25, 0.3) is 0 Å². The van der Waals surface area contributed by atoms with Crippen molar-refractivity contribution in [1.29, 1.82) is 0 Å². The third kappa shape index (κ3) is 3.31. The van der Waals surface area contributed by atoms with Crippen LogP contribution < -0.4 is 0 Å². The number of hydrogen-bond acceptors (Lipinski definition) is 2. The van der Waals surface area contributed by atoms with Crippen LogP contribution in [0.15, 0.2) is 121 Å². The zero-order chi connectivity index (χ0) is 26.8. The summed E-state index contributed by atoms with van der Waals surface area (Å²) >= 11 is 0. The Balaban J connectivity index is 1.40. The van der Waals surface area contributed by atoms with Crippen LogP contribution in [0.4, 0.5) is 0 Å². The Morgan fingerprint density at radius 1 is 0.575 bits per heavy atom. The lowest BCUT2D eigenvalue weighted by atomic mass is 9.82. The highest BCUT2D eigenvalue weighted by atomic mass is 14.9. The lowest BCUT2D eigenvalue weighted by Crippen LogP contribution is -2.14. The molecule has 0 amide bonds. The Labute approximate surface area is 233 Å². The Hall–Kier alpha value is -5.02. The molecular formula is C37H27N3. The summed E-state index contributed by atoms with van der Waals surface area (Å²) in [7, 11) is 0. The molecule has 0 aliphatic heterocycles. The summed E-state index contributed by atoms with van der Waals surface area (Å²) in [4.78, 5) is 13.9. The summed E-state index contributed by atoms with van der Waals surface area (Å²) in [5.41, 5.74) is 13.8. The Morgan fingerprint density at radius 3 is 2.05 bits per heavy atom. The Bertz CT molecular complexity index is 2070. The minimum Gasteiger partial charge on any atom is -0.351 e. The molecule has 0 atom stereocenters. The molecule has 8 rings (SSSR count). The van der Waals surface area contributed by atoms with E-state index in [0.717, 1.165) is 44.6 Å². The van der Waals surface area contributed by atoms with E-state index in [0.29, 0.717) is 0 Å². The highest BCUT2D eigenvalue weighted by molar-refractivity contribution is 6.11. The van der Waals surface area contributed by atoms with Crippen molar-refractivity contribution in [2.45, 2.75) is 19.3 Å². The van der Waals surface area contributed by atoms with Gasteiger partial charge in [0.05, 0.1) is 11.2 Å². The van der Waals surface area contributed by atoms with Crippen molar-refractivity contribution < 1.29 is 0 Å². The number of benzene rings is 5. The van der Waals surface area contributed by atoms with Gasteiger partial charge in [0, 0.05) is 27.4 Å². The van der Waals surface area contributed by atoms with E-state index < -0.39 is 0 Å². The topological polar surface area (TPSA) is 41.6 Å². The first-order valence-electron chi connectivity index (χ1n) is 13.8. The van der Waals surface area contributed by atoms with Gasteiger partial charge in [0.1, 0.15) is 5.52 Å². The van der Waals surface area contributed by atoms with Gasteiger partial charge < -0.3 is 4.98 Å². The van der Waals surface area contributed by atoms with Crippen LogP contribution in [0.2, 0.25) is 0 Å². The summed E-state index contributed by atoms with van der Waals surface area (Å²) in [6.45, 7) is 4.66. The van der Waals surface area contributed by atoms with Gasteiger partial charge in [0.2, 0.25) is 0 Å². The first kappa shape index (κ1) is 22.9. The molecule has 2 heterocycles. The fourth-order valence-corrected chi connectivity index (χ4v) is 6.44. The van der Waals surface area contributed by atoms with Crippen LogP contribution in [0.5, 0.6) is 0 Å². The number of nitrogens with one attached hydrogen (secondary N) is 1. The van der Waals surface area contributed by atoms with Crippen molar-refractivity contribution in [1.82, 2.24) is 15.0 Å². The maximum absolute atomic E-state index is 5.14. The Morgan fingerprint density at radius 2 is 1.25 bits per heavy atom. The molecule has 40 heavy (non-hydrogen) atoms. The van der Waals surface area contributed by atoms with E-state index in [1.807, 2.05) is 24.3 Å². The normalized spacial score (nSPS) is 13.4. The zero-order valence-electron chi connectivity index (χ0n) is 22.4. The summed E-state index contributed by atoms with van der Waals surface area (Å²) in [6, 6.07) is 42.9. The minimum absolute atomic E-state index is 0.0325. The van der Waals surface area contributed by atoms with Crippen molar-refractivity contribution in [2.75, 3.05) is 0 Å². The van der Waals surface area contributed by atoms with Crippen LogP contribution in [-0.2, 0) is 5.41 Å². The molecule has 1 N–H and O–H groups in total. The van der Waals surface area contributed by atoms with Gasteiger partial charge in [-0.2, -0.15) is 0 Å².